The Bertz CT molecular complexity index is 485. The van der Waals surface area contributed by atoms with Crippen molar-refractivity contribution in [3.8, 4) is 0 Å². The maximum absolute atomic E-state index is 13.7. The highest BCUT2D eigenvalue weighted by molar-refractivity contribution is 5.61. The van der Waals surface area contributed by atoms with Crippen LogP contribution in [0.15, 0.2) is 0 Å². The second-order valence-electron chi connectivity index (χ2n) is 4.42. The van der Waals surface area contributed by atoms with Crippen LogP contribution in [0.3, 0.4) is 0 Å². The molecule has 1 heterocycles. The van der Waals surface area contributed by atoms with Crippen LogP contribution in [-0.4, -0.2) is 49.1 Å². The van der Waals surface area contributed by atoms with E-state index in [2.05, 4.69) is 14.2 Å². The number of alkyl halides is 11. The third kappa shape index (κ3) is 3.75. The van der Waals surface area contributed by atoms with Crippen LogP contribution in [0.25, 0.3) is 0 Å². The summed E-state index contributed by atoms with van der Waals surface area (Å²) >= 11 is 0. The average Bonchev–Trinajstić information content (AvgIpc) is 2.70. The van der Waals surface area contributed by atoms with Gasteiger partial charge in [0.2, 0.25) is 0 Å². The summed E-state index contributed by atoms with van der Waals surface area (Å²) in [5.74, 6) is -12.8. The SMILES string of the molecule is O=C1OCC(CC(F)(OC(F)(F)C(F)(F)C(F)(F)F)C(F)(F)F)O1. The molecule has 4 nitrogen and oxygen atoms in total. The van der Waals surface area contributed by atoms with E-state index in [0.29, 0.717) is 0 Å². The quantitative estimate of drug-likeness (QED) is 0.531. The zero-order chi connectivity index (χ0) is 19.2. The van der Waals surface area contributed by atoms with Crippen LogP contribution in [0.4, 0.5) is 53.1 Å². The van der Waals surface area contributed by atoms with Gasteiger partial charge < -0.3 is 9.47 Å². The Morgan fingerprint density at radius 3 is 1.75 bits per heavy atom. The first kappa shape index (κ1) is 20.5. The van der Waals surface area contributed by atoms with Gasteiger partial charge in [-0.05, 0) is 0 Å². The number of hydrogen-bond acceptors (Lipinski definition) is 4. The summed E-state index contributed by atoms with van der Waals surface area (Å²) in [6.07, 6.45) is -26.6. The van der Waals surface area contributed by atoms with Crippen molar-refractivity contribution in [3.63, 3.8) is 0 Å². The Balaban J connectivity index is 3.11. The molecule has 15 heteroatoms. The average molecular weight is 386 g/mol. The van der Waals surface area contributed by atoms with Crippen molar-refractivity contribution in [2.75, 3.05) is 6.61 Å². The maximum Gasteiger partial charge on any atom is 0.508 e. The van der Waals surface area contributed by atoms with Gasteiger partial charge in [-0.25, -0.2) is 9.18 Å². The summed E-state index contributed by atoms with van der Waals surface area (Å²) in [6.45, 7) is -1.09. The van der Waals surface area contributed by atoms with Gasteiger partial charge in [0.25, 0.3) is 0 Å². The van der Waals surface area contributed by atoms with Crippen LogP contribution in [-0.2, 0) is 14.2 Å². The normalized spacial score (nSPS) is 22.8. The highest BCUT2D eigenvalue weighted by atomic mass is 19.4. The molecule has 1 aliphatic rings. The minimum atomic E-state index is -7.13. The van der Waals surface area contributed by atoms with E-state index >= 15 is 0 Å². The van der Waals surface area contributed by atoms with Gasteiger partial charge in [0.15, 0.2) is 0 Å². The molecule has 0 saturated carbocycles. The minimum absolute atomic E-state index is 1.09. The molecule has 24 heavy (non-hydrogen) atoms. The van der Waals surface area contributed by atoms with E-state index in [9.17, 15) is 53.1 Å². The molecule has 0 amide bonds. The Kier molecular flexibility index (Phi) is 4.93. The van der Waals surface area contributed by atoms with Crippen LogP contribution < -0.4 is 0 Å². The van der Waals surface area contributed by atoms with Crippen LogP contribution in [0.2, 0.25) is 0 Å². The van der Waals surface area contributed by atoms with Crippen LogP contribution in [0.5, 0.6) is 0 Å². The summed E-state index contributed by atoms with van der Waals surface area (Å²) in [7, 11) is 0. The van der Waals surface area contributed by atoms with E-state index in [4.69, 9.17) is 0 Å². The molecular weight excluding hydrogens is 381 g/mol. The van der Waals surface area contributed by atoms with Gasteiger partial charge in [-0.15, -0.1) is 0 Å². The number of rotatable bonds is 5. The van der Waals surface area contributed by atoms with Crippen LogP contribution in [0, 0.1) is 0 Å². The number of ether oxygens (including phenoxy) is 3. The molecule has 1 aliphatic heterocycles. The van der Waals surface area contributed by atoms with Crippen molar-refractivity contribution in [1.82, 2.24) is 0 Å². The third-order valence-electron chi connectivity index (χ3n) is 2.58. The van der Waals surface area contributed by atoms with E-state index in [-0.39, 0.29) is 0 Å². The number of hydrogen-bond donors (Lipinski definition) is 0. The van der Waals surface area contributed by atoms with E-state index in [1.807, 2.05) is 0 Å². The van der Waals surface area contributed by atoms with Crippen LogP contribution >= 0.6 is 0 Å². The zero-order valence-electron chi connectivity index (χ0n) is 10.8. The molecule has 0 aliphatic carbocycles. The monoisotopic (exact) mass is 386 g/mol. The van der Waals surface area contributed by atoms with Gasteiger partial charge in [-0.2, -0.15) is 43.9 Å². The lowest BCUT2D eigenvalue weighted by Gasteiger charge is -2.35. The van der Waals surface area contributed by atoms with Crippen molar-refractivity contribution < 1.29 is 67.3 Å². The van der Waals surface area contributed by atoms with Crippen molar-refractivity contribution in [1.29, 1.82) is 0 Å². The van der Waals surface area contributed by atoms with Gasteiger partial charge in [0.05, 0.1) is 6.42 Å². The first-order chi connectivity index (χ1) is 10.4. The summed E-state index contributed by atoms with van der Waals surface area (Å²) < 4.78 is 148. The molecular formula is C9H5F11O4. The second kappa shape index (κ2) is 5.77. The van der Waals surface area contributed by atoms with Crippen molar-refractivity contribution in [3.05, 3.63) is 0 Å². The van der Waals surface area contributed by atoms with Gasteiger partial charge in [0.1, 0.15) is 12.7 Å². The van der Waals surface area contributed by atoms with E-state index in [1.54, 1.807) is 0 Å². The molecule has 0 aromatic carbocycles. The Hall–Kier alpha value is -1.54. The first-order valence-corrected chi connectivity index (χ1v) is 5.54. The fraction of sp³-hybridized carbons (Fsp3) is 0.889. The third-order valence-corrected chi connectivity index (χ3v) is 2.58. The highest BCUT2D eigenvalue weighted by Gasteiger charge is 2.78. The molecule has 0 bridgehead atoms. The Morgan fingerprint density at radius 2 is 1.42 bits per heavy atom. The number of cyclic esters (lactones) is 2. The lowest BCUT2D eigenvalue weighted by Crippen LogP contribution is -2.59. The van der Waals surface area contributed by atoms with Crippen molar-refractivity contribution in [2.24, 2.45) is 0 Å². The van der Waals surface area contributed by atoms with Crippen molar-refractivity contribution in [2.45, 2.75) is 42.8 Å². The molecule has 0 aromatic heterocycles. The van der Waals surface area contributed by atoms with Gasteiger partial charge in [-0.3, -0.25) is 4.74 Å². The number of carbonyl (C=O) groups is 1. The zero-order valence-corrected chi connectivity index (χ0v) is 10.8. The number of halogens is 11. The lowest BCUT2D eigenvalue weighted by atomic mass is 10.1. The molecule has 0 N–H and O–H groups in total. The molecule has 2 atom stereocenters. The van der Waals surface area contributed by atoms with E-state index in [0.717, 1.165) is 0 Å². The molecule has 2 unspecified atom stereocenters. The van der Waals surface area contributed by atoms with Gasteiger partial charge >= 0.3 is 36.4 Å². The smallest absolute Gasteiger partial charge is 0.430 e. The molecule has 1 fully saturated rings. The molecule has 0 aromatic rings. The molecule has 1 saturated heterocycles. The molecule has 1 rings (SSSR count). The van der Waals surface area contributed by atoms with E-state index in [1.165, 1.54) is 0 Å². The summed E-state index contributed by atoms with van der Waals surface area (Å²) in [4.78, 5) is 10.5. The Labute approximate surface area is 124 Å². The van der Waals surface area contributed by atoms with Gasteiger partial charge in [-0.1, -0.05) is 0 Å². The van der Waals surface area contributed by atoms with Crippen LogP contribution in [0.1, 0.15) is 6.42 Å². The number of carbonyl (C=O) groups excluding carboxylic acids is 1. The summed E-state index contributed by atoms with van der Waals surface area (Å²) in [5, 5.41) is 0. The molecule has 142 valence electrons. The molecule has 0 radical (unpaired) electrons. The van der Waals surface area contributed by atoms with E-state index < -0.39 is 55.5 Å². The fourth-order valence-electron chi connectivity index (χ4n) is 1.41. The highest BCUT2D eigenvalue weighted by Crippen LogP contribution is 2.52. The first-order valence-electron chi connectivity index (χ1n) is 5.54. The minimum Gasteiger partial charge on any atom is -0.430 e. The predicted molar refractivity (Wildman–Crippen MR) is 47.8 cm³/mol. The summed E-state index contributed by atoms with van der Waals surface area (Å²) in [5.41, 5.74) is 0. The largest absolute Gasteiger partial charge is 0.508 e. The fourth-order valence-corrected chi connectivity index (χ4v) is 1.41. The summed E-state index contributed by atoms with van der Waals surface area (Å²) in [6, 6.07) is 0. The van der Waals surface area contributed by atoms with Crippen molar-refractivity contribution >= 4 is 6.16 Å². The topological polar surface area (TPSA) is 44.8 Å². The predicted octanol–water partition coefficient (Wildman–Crippen LogP) is 3.95. The lowest BCUT2D eigenvalue weighted by molar-refractivity contribution is -0.484. The standard InChI is InChI=1S/C9H5F11O4/c10-5(7(13,14)15,1-3-2-22-4(21)23-3)24-9(19,20)6(11,12)8(16,17)18/h3H,1-2H2. The maximum atomic E-state index is 13.7. The van der Waals surface area contributed by atoms with Gasteiger partial charge in [0, 0.05) is 0 Å². The second-order valence-corrected chi connectivity index (χ2v) is 4.42. The Morgan fingerprint density at radius 1 is 0.917 bits per heavy atom. The molecule has 0 spiro atoms.